The molecule has 2 rings (SSSR count). The summed E-state index contributed by atoms with van der Waals surface area (Å²) < 4.78 is 5.22. The molecule has 0 spiro atoms. The van der Waals surface area contributed by atoms with Gasteiger partial charge in [-0.25, -0.2) is 10.4 Å². The summed E-state index contributed by atoms with van der Waals surface area (Å²) in [6.45, 7) is 3.04. The van der Waals surface area contributed by atoms with Crippen molar-refractivity contribution in [2.75, 3.05) is 38.2 Å². The lowest BCUT2D eigenvalue weighted by Crippen LogP contribution is -2.48. The van der Waals surface area contributed by atoms with Gasteiger partial charge < -0.3 is 10.1 Å². The molecule has 0 aromatic heterocycles. The molecule has 0 radical (unpaired) electrons. The highest BCUT2D eigenvalue weighted by atomic mass is 35.5. The van der Waals surface area contributed by atoms with Crippen LogP contribution in [-0.2, 0) is 9.53 Å². The van der Waals surface area contributed by atoms with Gasteiger partial charge in [0.25, 0.3) is 0 Å². The van der Waals surface area contributed by atoms with Crippen LogP contribution >= 0.6 is 23.2 Å². The Hall–Kier alpha value is -0.850. The zero-order valence-electron chi connectivity index (χ0n) is 10.3. The molecule has 1 amide bonds. The van der Waals surface area contributed by atoms with Crippen molar-refractivity contribution in [3.05, 3.63) is 28.2 Å². The minimum absolute atomic E-state index is 0.168. The average Bonchev–Trinajstić information content (AvgIpc) is 2.42. The number of hydrogen-bond acceptors (Lipinski definition) is 4. The number of nitrogens with zero attached hydrogens (tertiary/aromatic N) is 1. The molecule has 1 aromatic rings. The number of para-hydroxylation sites is 1. The summed E-state index contributed by atoms with van der Waals surface area (Å²) >= 11 is 12.0. The third-order valence-corrected chi connectivity index (χ3v) is 3.33. The number of carbonyl (C=O) groups excluding carboxylic acids is 1. The van der Waals surface area contributed by atoms with Crippen molar-refractivity contribution in [1.82, 2.24) is 10.4 Å². The van der Waals surface area contributed by atoms with Gasteiger partial charge in [0.1, 0.15) is 0 Å². The number of hydrogen-bond donors (Lipinski definition) is 2. The Morgan fingerprint density at radius 2 is 1.89 bits per heavy atom. The first kappa shape index (κ1) is 14.6. The highest BCUT2D eigenvalue weighted by Gasteiger charge is 2.13. The van der Waals surface area contributed by atoms with Crippen LogP contribution < -0.4 is 10.7 Å². The minimum Gasteiger partial charge on any atom is -0.379 e. The number of halogens is 2. The summed E-state index contributed by atoms with van der Waals surface area (Å²) in [6, 6.07) is 5.09. The number of nitrogens with one attached hydrogen (secondary N) is 2. The van der Waals surface area contributed by atoms with E-state index in [9.17, 15) is 4.79 Å². The summed E-state index contributed by atoms with van der Waals surface area (Å²) in [5.41, 5.74) is 3.48. The van der Waals surface area contributed by atoms with Gasteiger partial charge in [0.05, 0.1) is 35.5 Å². The van der Waals surface area contributed by atoms with E-state index in [4.69, 9.17) is 27.9 Å². The number of carbonyl (C=O) groups is 1. The van der Waals surface area contributed by atoms with Gasteiger partial charge in [-0.15, -0.1) is 0 Å². The fourth-order valence-electron chi connectivity index (χ4n) is 1.71. The van der Waals surface area contributed by atoms with Crippen LogP contribution in [0.1, 0.15) is 0 Å². The molecule has 0 saturated carbocycles. The Kier molecular flexibility index (Phi) is 5.42. The van der Waals surface area contributed by atoms with Crippen molar-refractivity contribution in [2.45, 2.75) is 0 Å². The predicted molar refractivity (Wildman–Crippen MR) is 75.5 cm³/mol. The Bertz CT molecular complexity index is 430. The van der Waals surface area contributed by atoms with E-state index in [0.717, 1.165) is 13.1 Å². The molecular formula is C12H15Cl2N3O2. The summed E-state index contributed by atoms with van der Waals surface area (Å²) in [5.74, 6) is -0.193. The SMILES string of the molecule is O=C(CNN1CCOCC1)Nc1c(Cl)cccc1Cl. The van der Waals surface area contributed by atoms with E-state index in [2.05, 4.69) is 10.7 Å². The molecule has 1 saturated heterocycles. The molecule has 1 aromatic carbocycles. The van der Waals surface area contributed by atoms with Gasteiger partial charge in [0, 0.05) is 13.1 Å². The summed E-state index contributed by atoms with van der Waals surface area (Å²) in [4.78, 5) is 11.8. The molecular weight excluding hydrogens is 289 g/mol. The fourth-order valence-corrected chi connectivity index (χ4v) is 2.20. The summed E-state index contributed by atoms with van der Waals surface area (Å²) in [7, 11) is 0. The molecule has 0 unspecified atom stereocenters. The van der Waals surface area contributed by atoms with E-state index >= 15 is 0 Å². The lowest BCUT2D eigenvalue weighted by molar-refractivity contribution is -0.116. The second kappa shape index (κ2) is 7.07. The van der Waals surface area contributed by atoms with Crippen LogP contribution in [0.3, 0.4) is 0 Å². The van der Waals surface area contributed by atoms with Crippen LogP contribution in [0.25, 0.3) is 0 Å². The number of morpholine rings is 1. The van der Waals surface area contributed by atoms with E-state index in [0.29, 0.717) is 28.9 Å². The quantitative estimate of drug-likeness (QED) is 0.890. The van der Waals surface area contributed by atoms with Crippen molar-refractivity contribution < 1.29 is 9.53 Å². The van der Waals surface area contributed by atoms with E-state index in [1.807, 2.05) is 5.01 Å². The van der Waals surface area contributed by atoms with Gasteiger partial charge in [-0.05, 0) is 12.1 Å². The van der Waals surface area contributed by atoms with Crippen molar-refractivity contribution >= 4 is 34.8 Å². The van der Waals surface area contributed by atoms with Crippen LogP contribution in [0.2, 0.25) is 10.0 Å². The van der Waals surface area contributed by atoms with Crippen molar-refractivity contribution in [3.8, 4) is 0 Å². The molecule has 0 bridgehead atoms. The topological polar surface area (TPSA) is 53.6 Å². The number of amides is 1. The Morgan fingerprint density at radius 3 is 2.53 bits per heavy atom. The van der Waals surface area contributed by atoms with Gasteiger partial charge in [0.2, 0.25) is 5.91 Å². The number of ether oxygens (including phenoxy) is 1. The zero-order valence-corrected chi connectivity index (χ0v) is 11.8. The van der Waals surface area contributed by atoms with E-state index in [1.165, 1.54) is 0 Å². The van der Waals surface area contributed by atoms with Crippen LogP contribution in [0.4, 0.5) is 5.69 Å². The van der Waals surface area contributed by atoms with E-state index in [1.54, 1.807) is 18.2 Å². The van der Waals surface area contributed by atoms with Gasteiger partial charge in [-0.1, -0.05) is 29.3 Å². The third kappa shape index (κ3) is 4.33. The van der Waals surface area contributed by atoms with Gasteiger partial charge in [-0.2, -0.15) is 0 Å². The van der Waals surface area contributed by atoms with Gasteiger partial charge in [-0.3, -0.25) is 4.79 Å². The number of benzene rings is 1. The summed E-state index contributed by atoms with van der Waals surface area (Å²) in [5, 5.41) is 5.50. The molecule has 19 heavy (non-hydrogen) atoms. The normalized spacial score (nSPS) is 16.3. The minimum atomic E-state index is -0.193. The predicted octanol–water partition coefficient (Wildman–Crippen LogP) is 1.77. The van der Waals surface area contributed by atoms with Crippen LogP contribution in [0, 0.1) is 0 Å². The largest absolute Gasteiger partial charge is 0.379 e. The fraction of sp³-hybridized carbons (Fsp3) is 0.417. The Morgan fingerprint density at radius 1 is 1.26 bits per heavy atom. The average molecular weight is 304 g/mol. The number of rotatable bonds is 4. The monoisotopic (exact) mass is 303 g/mol. The molecule has 104 valence electrons. The first-order valence-corrected chi connectivity index (χ1v) is 6.72. The molecule has 1 aliphatic heterocycles. The van der Waals surface area contributed by atoms with Gasteiger partial charge in [0.15, 0.2) is 0 Å². The maximum atomic E-state index is 11.8. The molecule has 1 heterocycles. The molecule has 1 fully saturated rings. The lowest BCUT2D eigenvalue weighted by Gasteiger charge is -2.26. The van der Waals surface area contributed by atoms with E-state index < -0.39 is 0 Å². The van der Waals surface area contributed by atoms with Gasteiger partial charge >= 0.3 is 0 Å². The number of anilines is 1. The Balaban J connectivity index is 1.83. The Labute approximate surface area is 121 Å². The van der Waals surface area contributed by atoms with Crippen LogP contribution in [0.5, 0.6) is 0 Å². The summed E-state index contributed by atoms with van der Waals surface area (Å²) in [6.07, 6.45) is 0. The zero-order chi connectivity index (χ0) is 13.7. The second-order valence-electron chi connectivity index (χ2n) is 4.08. The number of hydrazine groups is 1. The first-order chi connectivity index (χ1) is 9.16. The molecule has 2 N–H and O–H groups in total. The highest BCUT2D eigenvalue weighted by molar-refractivity contribution is 6.39. The first-order valence-electron chi connectivity index (χ1n) is 5.97. The van der Waals surface area contributed by atoms with Crippen LogP contribution in [0.15, 0.2) is 18.2 Å². The second-order valence-corrected chi connectivity index (χ2v) is 4.89. The van der Waals surface area contributed by atoms with Crippen molar-refractivity contribution in [1.29, 1.82) is 0 Å². The lowest BCUT2D eigenvalue weighted by atomic mass is 10.3. The maximum Gasteiger partial charge on any atom is 0.239 e. The third-order valence-electron chi connectivity index (χ3n) is 2.70. The van der Waals surface area contributed by atoms with E-state index in [-0.39, 0.29) is 12.5 Å². The molecule has 1 aliphatic rings. The molecule has 0 atom stereocenters. The van der Waals surface area contributed by atoms with Crippen molar-refractivity contribution in [3.63, 3.8) is 0 Å². The van der Waals surface area contributed by atoms with Crippen LogP contribution in [-0.4, -0.2) is 43.8 Å². The smallest absolute Gasteiger partial charge is 0.239 e. The maximum absolute atomic E-state index is 11.8. The molecule has 7 heteroatoms. The standard InChI is InChI=1S/C12H15Cl2N3O2/c13-9-2-1-3-10(14)12(9)16-11(18)8-15-17-4-6-19-7-5-17/h1-3,15H,4-8H2,(H,16,18). The molecule has 0 aliphatic carbocycles. The molecule has 5 nitrogen and oxygen atoms in total. The van der Waals surface area contributed by atoms with Crippen molar-refractivity contribution in [2.24, 2.45) is 0 Å². The highest BCUT2D eigenvalue weighted by Crippen LogP contribution is 2.29.